The van der Waals surface area contributed by atoms with Gasteiger partial charge in [-0.25, -0.2) is 0 Å². The Balaban J connectivity index is 1.27. The van der Waals surface area contributed by atoms with E-state index in [-0.39, 0.29) is 23.6 Å². The van der Waals surface area contributed by atoms with Crippen molar-refractivity contribution in [2.24, 2.45) is 0 Å². The van der Waals surface area contributed by atoms with Crippen molar-refractivity contribution in [2.45, 2.75) is 31.0 Å². The lowest BCUT2D eigenvalue weighted by atomic mass is 10.0. The quantitative estimate of drug-likeness (QED) is 0.568. The van der Waals surface area contributed by atoms with Gasteiger partial charge in [0.15, 0.2) is 5.16 Å². The molecule has 0 atom stereocenters. The summed E-state index contributed by atoms with van der Waals surface area (Å²) in [6.07, 6.45) is 5.99. The van der Waals surface area contributed by atoms with Crippen molar-refractivity contribution in [2.75, 3.05) is 18.8 Å². The number of rotatable bonds is 6. The molecule has 0 radical (unpaired) electrons. The molecule has 1 fully saturated rings. The molecule has 0 spiro atoms. The minimum absolute atomic E-state index is 0.0374. The number of aryl methyl sites for hydroxylation is 1. The fourth-order valence-electron chi connectivity index (χ4n) is 3.43. The number of aromatic nitrogens is 3. The van der Waals surface area contributed by atoms with E-state index in [1.165, 1.54) is 24.3 Å². The molecule has 1 aliphatic heterocycles. The van der Waals surface area contributed by atoms with E-state index in [1.54, 1.807) is 17.3 Å². The number of hydrogen-bond donors (Lipinski definition) is 1. The van der Waals surface area contributed by atoms with Gasteiger partial charge in [-0.05, 0) is 43.5 Å². The lowest BCUT2D eigenvalue weighted by Gasteiger charge is -2.32. The van der Waals surface area contributed by atoms with Crippen molar-refractivity contribution in [3.63, 3.8) is 0 Å². The van der Waals surface area contributed by atoms with E-state index in [0.717, 1.165) is 24.1 Å². The van der Waals surface area contributed by atoms with Crippen LogP contribution in [0.25, 0.3) is 5.69 Å². The van der Waals surface area contributed by atoms with Crippen molar-refractivity contribution in [3.05, 3.63) is 59.3 Å². The van der Waals surface area contributed by atoms with Gasteiger partial charge in [0.1, 0.15) is 12.6 Å². The molecule has 0 unspecified atom stereocenters. The second-order valence-electron chi connectivity index (χ2n) is 7.35. The van der Waals surface area contributed by atoms with Crippen LogP contribution >= 0.6 is 23.4 Å². The SMILES string of the molecule is Cc1ccc(-n2cnnc2SCC(=O)NC2CCN(C(=O)c3ccoc3)CC2)cc1Cl. The summed E-state index contributed by atoms with van der Waals surface area (Å²) in [5.41, 5.74) is 2.39. The summed E-state index contributed by atoms with van der Waals surface area (Å²) in [4.78, 5) is 26.6. The number of furan rings is 1. The number of likely N-dealkylation sites (tertiary alicyclic amines) is 1. The third-order valence-electron chi connectivity index (χ3n) is 5.20. The standard InChI is InChI=1S/C21H22ClN5O3S/c1-14-2-3-17(10-18(14)22)27-13-23-25-21(27)31-12-19(28)24-16-4-7-26(8-5-16)20(29)15-6-9-30-11-15/h2-3,6,9-11,13,16H,4-5,7-8,12H2,1H3,(H,24,28). The molecule has 0 saturated carbocycles. The lowest BCUT2D eigenvalue weighted by molar-refractivity contribution is -0.119. The van der Waals surface area contributed by atoms with Crippen LogP contribution in [-0.2, 0) is 4.79 Å². The maximum absolute atomic E-state index is 12.5. The van der Waals surface area contributed by atoms with Crippen molar-refractivity contribution in [1.82, 2.24) is 25.0 Å². The van der Waals surface area contributed by atoms with Crippen LogP contribution in [0.4, 0.5) is 0 Å². The molecule has 3 heterocycles. The molecule has 0 aliphatic carbocycles. The van der Waals surface area contributed by atoms with Crippen LogP contribution in [0.2, 0.25) is 5.02 Å². The molecule has 0 bridgehead atoms. The number of nitrogens with zero attached hydrogens (tertiary/aromatic N) is 4. The van der Waals surface area contributed by atoms with E-state index < -0.39 is 0 Å². The van der Waals surface area contributed by atoms with Crippen LogP contribution in [0.15, 0.2) is 52.7 Å². The summed E-state index contributed by atoms with van der Waals surface area (Å²) in [7, 11) is 0. The molecule has 2 aromatic heterocycles. The van der Waals surface area contributed by atoms with Gasteiger partial charge in [-0.2, -0.15) is 0 Å². The Kier molecular flexibility index (Phi) is 6.62. The maximum atomic E-state index is 12.5. The predicted octanol–water partition coefficient (Wildman–Crippen LogP) is 3.34. The Morgan fingerprint density at radius 1 is 1.29 bits per heavy atom. The summed E-state index contributed by atoms with van der Waals surface area (Å²) < 4.78 is 6.79. The Bertz CT molecular complexity index is 1060. The molecule has 162 valence electrons. The molecule has 31 heavy (non-hydrogen) atoms. The van der Waals surface area contributed by atoms with Gasteiger partial charge in [0.05, 0.1) is 23.3 Å². The number of halogens is 1. The van der Waals surface area contributed by atoms with Crippen LogP contribution in [-0.4, -0.2) is 56.4 Å². The molecular weight excluding hydrogens is 438 g/mol. The first-order valence-electron chi connectivity index (χ1n) is 9.91. The molecule has 1 saturated heterocycles. The summed E-state index contributed by atoms with van der Waals surface area (Å²) in [6, 6.07) is 7.44. The topological polar surface area (TPSA) is 93.3 Å². The first-order chi connectivity index (χ1) is 15.0. The lowest BCUT2D eigenvalue weighted by Crippen LogP contribution is -2.46. The summed E-state index contributed by atoms with van der Waals surface area (Å²) in [6.45, 7) is 3.14. The fraction of sp³-hybridized carbons (Fsp3) is 0.333. The first-order valence-corrected chi connectivity index (χ1v) is 11.3. The number of carbonyl (C=O) groups is 2. The predicted molar refractivity (Wildman–Crippen MR) is 118 cm³/mol. The van der Waals surface area contributed by atoms with Gasteiger partial charge in [0.2, 0.25) is 5.91 Å². The van der Waals surface area contributed by atoms with Crippen molar-refractivity contribution in [3.8, 4) is 5.69 Å². The van der Waals surface area contributed by atoms with Gasteiger partial charge in [0.25, 0.3) is 5.91 Å². The Hall–Kier alpha value is -2.78. The van der Waals surface area contributed by atoms with Gasteiger partial charge in [-0.1, -0.05) is 29.4 Å². The van der Waals surface area contributed by atoms with Gasteiger partial charge in [-0.3, -0.25) is 14.2 Å². The van der Waals surface area contributed by atoms with E-state index in [9.17, 15) is 9.59 Å². The number of hydrogen-bond acceptors (Lipinski definition) is 6. The number of nitrogens with one attached hydrogen (secondary N) is 1. The molecule has 1 aromatic carbocycles. The Morgan fingerprint density at radius 2 is 2.10 bits per heavy atom. The third-order valence-corrected chi connectivity index (χ3v) is 6.55. The number of carbonyl (C=O) groups excluding carboxylic acids is 2. The number of benzene rings is 1. The monoisotopic (exact) mass is 459 g/mol. The maximum Gasteiger partial charge on any atom is 0.257 e. The van der Waals surface area contributed by atoms with Crippen LogP contribution in [0.3, 0.4) is 0 Å². The van der Waals surface area contributed by atoms with Crippen molar-refractivity contribution >= 4 is 35.2 Å². The van der Waals surface area contributed by atoms with Crippen LogP contribution in [0.1, 0.15) is 28.8 Å². The molecule has 1 aliphatic rings. The summed E-state index contributed by atoms with van der Waals surface area (Å²) in [5, 5.41) is 12.4. The zero-order valence-electron chi connectivity index (χ0n) is 17.0. The first kappa shape index (κ1) is 21.5. The van der Waals surface area contributed by atoms with Gasteiger partial charge >= 0.3 is 0 Å². The highest BCUT2D eigenvalue weighted by molar-refractivity contribution is 7.99. The third kappa shape index (κ3) is 5.11. The normalized spacial score (nSPS) is 14.6. The highest BCUT2D eigenvalue weighted by atomic mass is 35.5. The number of amides is 2. The van der Waals surface area contributed by atoms with E-state index in [4.69, 9.17) is 16.0 Å². The highest BCUT2D eigenvalue weighted by Crippen LogP contribution is 2.24. The van der Waals surface area contributed by atoms with Crippen molar-refractivity contribution < 1.29 is 14.0 Å². The molecule has 2 amide bonds. The molecule has 4 rings (SSSR count). The van der Waals surface area contributed by atoms with E-state index in [1.807, 2.05) is 29.7 Å². The van der Waals surface area contributed by atoms with Crippen molar-refractivity contribution in [1.29, 1.82) is 0 Å². The van der Waals surface area contributed by atoms with Crippen LogP contribution in [0.5, 0.6) is 0 Å². The zero-order chi connectivity index (χ0) is 21.8. The molecule has 10 heteroatoms. The zero-order valence-corrected chi connectivity index (χ0v) is 18.5. The molecule has 8 nitrogen and oxygen atoms in total. The molecular formula is C21H22ClN5O3S. The molecule has 3 aromatic rings. The summed E-state index contributed by atoms with van der Waals surface area (Å²) in [5.74, 6) is 0.123. The second kappa shape index (κ2) is 9.57. The minimum Gasteiger partial charge on any atom is -0.472 e. The average Bonchev–Trinajstić information content (AvgIpc) is 3.46. The van der Waals surface area contributed by atoms with Crippen LogP contribution in [0, 0.1) is 6.92 Å². The Morgan fingerprint density at radius 3 is 2.81 bits per heavy atom. The number of thioether (sulfide) groups is 1. The minimum atomic E-state index is -0.0684. The number of piperidine rings is 1. The smallest absolute Gasteiger partial charge is 0.257 e. The highest BCUT2D eigenvalue weighted by Gasteiger charge is 2.25. The van der Waals surface area contributed by atoms with Crippen LogP contribution < -0.4 is 5.32 Å². The second-order valence-corrected chi connectivity index (χ2v) is 8.70. The van der Waals surface area contributed by atoms with E-state index >= 15 is 0 Å². The van der Waals surface area contributed by atoms with E-state index in [0.29, 0.717) is 28.8 Å². The van der Waals surface area contributed by atoms with Gasteiger partial charge in [0, 0.05) is 24.2 Å². The van der Waals surface area contributed by atoms with Gasteiger partial charge in [-0.15, -0.1) is 10.2 Å². The summed E-state index contributed by atoms with van der Waals surface area (Å²) >= 11 is 7.54. The van der Waals surface area contributed by atoms with Gasteiger partial charge < -0.3 is 14.6 Å². The molecule has 1 N–H and O–H groups in total. The largest absolute Gasteiger partial charge is 0.472 e. The van der Waals surface area contributed by atoms with E-state index in [2.05, 4.69) is 15.5 Å². The Labute approximate surface area is 189 Å². The average molecular weight is 460 g/mol. The fourth-order valence-corrected chi connectivity index (χ4v) is 4.34.